The normalized spacial score (nSPS) is 13.1. The maximum absolute atomic E-state index is 14.8. The van der Waals surface area contributed by atoms with Crippen molar-refractivity contribution >= 4 is 53.6 Å². The van der Waals surface area contributed by atoms with E-state index in [0.717, 1.165) is 34.6 Å². The molecule has 1 unspecified atom stereocenters. The third-order valence-corrected chi connectivity index (χ3v) is 18.3. The molecular weight excluding hydrogens is 1210 g/mol. The van der Waals surface area contributed by atoms with E-state index < -0.39 is 74.2 Å². The van der Waals surface area contributed by atoms with Crippen LogP contribution in [0.15, 0.2) is 185 Å². The molecule has 0 aliphatic rings. The third-order valence-electron chi connectivity index (χ3n) is 14.2. The summed E-state index contributed by atoms with van der Waals surface area (Å²) in [5, 5.41) is 12.1. The zero-order chi connectivity index (χ0) is 63.3. The number of benzene rings is 7. The summed E-state index contributed by atoms with van der Waals surface area (Å²) in [4.78, 5) is 29.9. The van der Waals surface area contributed by atoms with E-state index in [-0.39, 0.29) is 48.4 Å². The lowest BCUT2D eigenvalue weighted by Gasteiger charge is -2.36. The van der Waals surface area contributed by atoms with Crippen LogP contribution in [-0.2, 0) is 74.6 Å². The minimum absolute atomic E-state index is 0.000666. The number of methoxy groups -OCH3 is 2. The predicted molar refractivity (Wildman–Crippen MR) is 325 cm³/mol. The lowest BCUT2D eigenvalue weighted by molar-refractivity contribution is -0.149. The number of carbonyl (C=O) groups excluding carboxylic acids is 2. The second-order valence-corrected chi connectivity index (χ2v) is 25.0. The van der Waals surface area contributed by atoms with Crippen LogP contribution in [0, 0.1) is 6.92 Å². The molecule has 19 nitrogen and oxygen atoms in total. The SMILES string of the molecule is CCOC(=O)[C@H](Cc1ccc(C(F)(F)F)cc1)NC[C@H](Cc1ccc(OCC(COS(=O)(=O)c2ccc(C)cc2)OC(C)=O)cc1)n1cc(COc2ccc3nc(S(=O)(=O)NC(c4ccccc4)(c4ccc(OC)cc4)c4ccc(OC)cc4)sc3c2)nn1. The first-order valence-electron chi connectivity index (χ1n) is 27.9. The Hall–Kier alpha value is -8.72. The Morgan fingerprint density at radius 1 is 0.685 bits per heavy atom. The van der Waals surface area contributed by atoms with Crippen LogP contribution in [-0.4, -0.2) is 101 Å². The number of aryl methyl sites for hydroxylation is 1. The van der Waals surface area contributed by atoms with Gasteiger partial charge < -0.3 is 33.7 Å². The number of sulfonamides is 1. The maximum atomic E-state index is 14.8. The van der Waals surface area contributed by atoms with Crippen molar-refractivity contribution in [3.63, 3.8) is 0 Å². The summed E-state index contributed by atoms with van der Waals surface area (Å²) in [6.07, 6.45) is -3.70. The smallest absolute Gasteiger partial charge is 0.416 e. The molecule has 0 aliphatic heterocycles. The van der Waals surface area contributed by atoms with Gasteiger partial charge in [-0.25, -0.2) is 18.1 Å². The quantitative estimate of drug-likeness (QED) is 0.0252. The third kappa shape index (κ3) is 16.5. The van der Waals surface area contributed by atoms with Gasteiger partial charge in [-0.05, 0) is 133 Å². The van der Waals surface area contributed by atoms with E-state index in [1.54, 1.807) is 111 Å². The molecule has 0 spiro atoms. The highest BCUT2D eigenvalue weighted by atomic mass is 32.2. The van der Waals surface area contributed by atoms with Crippen molar-refractivity contribution < 1.29 is 72.2 Å². The number of nitrogens with zero attached hydrogens (tertiary/aromatic N) is 4. The number of halogens is 3. The molecule has 89 heavy (non-hydrogen) atoms. The van der Waals surface area contributed by atoms with Gasteiger partial charge in [-0.15, -0.1) is 16.4 Å². The van der Waals surface area contributed by atoms with E-state index in [0.29, 0.717) is 61.2 Å². The summed E-state index contributed by atoms with van der Waals surface area (Å²) in [5.41, 5.74) is 2.45. The van der Waals surface area contributed by atoms with Gasteiger partial charge in [0.1, 0.15) is 60.1 Å². The number of rotatable bonds is 29. The molecule has 25 heteroatoms. The van der Waals surface area contributed by atoms with Gasteiger partial charge in [0, 0.05) is 13.5 Å². The highest BCUT2D eigenvalue weighted by molar-refractivity contribution is 7.91. The highest BCUT2D eigenvalue weighted by Gasteiger charge is 2.42. The van der Waals surface area contributed by atoms with Crippen LogP contribution < -0.4 is 29.0 Å². The van der Waals surface area contributed by atoms with Crippen molar-refractivity contribution in [2.75, 3.05) is 40.6 Å². The van der Waals surface area contributed by atoms with Gasteiger partial charge in [-0.3, -0.25) is 13.8 Å². The van der Waals surface area contributed by atoms with Crippen LogP contribution in [0.4, 0.5) is 13.2 Å². The molecule has 2 heterocycles. The number of aromatic nitrogens is 4. The van der Waals surface area contributed by atoms with E-state index in [4.69, 9.17) is 32.6 Å². The maximum Gasteiger partial charge on any atom is 0.416 e. The number of hydrogen-bond donors (Lipinski definition) is 2. The Morgan fingerprint density at radius 2 is 1.27 bits per heavy atom. The molecule has 0 radical (unpaired) electrons. The number of alkyl halides is 3. The fourth-order valence-corrected chi connectivity index (χ4v) is 13.2. The number of hydrogen-bond acceptors (Lipinski definition) is 18. The summed E-state index contributed by atoms with van der Waals surface area (Å²) in [7, 11) is -5.48. The second kappa shape index (κ2) is 28.6. The molecule has 2 aromatic heterocycles. The van der Waals surface area contributed by atoms with Gasteiger partial charge in [0.05, 0.1) is 53.7 Å². The van der Waals surface area contributed by atoms with E-state index in [1.165, 1.54) is 31.2 Å². The number of fused-ring (bicyclic) bond motifs is 1. The summed E-state index contributed by atoms with van der Waals surface area (Å²) in [6.45, 7) is 3.92. The first kappa shape index (κ1) is 64.7. The number of ether oxygens (including phenoxy) is 6. The molecule has 0 fully saturated rings. The lowest BCUT2D eigenvalue weighted by atomic mass is 9.78. The lowest BCUT2D eigenvalue weighted by Crippen LogP contribution is -2.47. The minimum Gasteiger partial charge on any atom is -0.497 e. The number of esters is 2. The standard InChI is InChI=1S/C64H63F3N6O13S3/c1-6-82-61(75)59(35-45-14-18-49(19-15-45)64(65,66)67)68-37-51(34-44-16-24-54(25-17-44)84-40-56(86-43(3)74)41-85-89(78,79)57-31-12-42(2)13-32-57)73-38-50(70-72-73)39-83-55-30-33-58-60(36-55)87-62(69-58)88(76,77)71-63(46-10-8-7-9-11-46,47-20-26-52(80-4)27-21-47)48-22-28-53(81-5)29-23-48/h7-33,36,38,51,56,59,68,71H,6,34-35,37,39-41H2,1-5H3/t51-,56?,59-/m0/s1. The Labute approximate surface area is 516 Å². The number of carbonyl (C=O) groups is 2. The Morgan fingerprint density at radius 3 is 1.88 bits per heavy atom. The monoisotopic (exact) mass is 1280 g/mol. The first-order chi connectivity index (χ1) is 42.6. The second-order valence-electron chi connectivity index (χ2n) is 20.5. The molecule has 466 valence electrons. The van der Waals surface area contributed by atoms with Crippen molar-refractivity contribution in [2.24, 2.45) is 0 Å². The average molecular weight is 1280 g/mol. The van der Waals surface area contributed by atoms with Crippen molar-refractivity contribution in [1.82, 2.24) is 30.0 Å². The van der Waals surface area contributed by atoms with Crippen LogP contribution in [0.2, 0.25) is 0 Å². The largest absolute Gasteiger partial charge is 0.497 e. The first-order valence-corrected chi connectivity index (χ1v) is 31.6. The zero-order valence-corrected chi connectivity index (χ0v) is 51.3. The van der Waals surface area contributed by atoms with Crippen LogP contribution in [0.25, 0.3) is 10.2 Å². The van der Waals surface area contributed by atoms with E-state index in [2.05, 4.69) is 25.3 Å². The van der Waals surface area contributed by atoms with Gasteiger partial charge in [-0.1, -0.05) is 102 Å². The van der Waals surface area contributed by atoms with Crippen molar-refractivity contribution in [1.29, 1.82) is 0 Å². The van der Waals surface area contributed by atoms with Gasteiger partial charge in [0.25, 0.3) is 20.1 Å². The van der Waals surface area contributed by atoms with Crippen molar-refractivity contribution in [2.45, 2.75) is 79.4 Å². The summed E-state index contributed by atoms with van der Waals surface area (Å²) < 4.78 is 140. The molecule has 0 saturated carbocycles. The topological polar surface area (TPSA) is 235 Å². The molecule has 0 saturated heterocycles. The summed E-state index contributed by atoms with van der Waals surface area (Å²) in [6, 6.07) is 44.5. The zero-order valence-electron chi connectivity index (χ0n) is 48.9. The highest BCUT2D eigenvalue weighted by Crippen LogP contribution is 2.41. The van der Waals surface area contributed by atoms with Gasteiger partial charge >= 0.3 is 18.1 Å². The molecule has 0 aliphatic carbocycles. The summed E-state index contributed by atoms with van der Waals surface area (Å²) >= 11 is 0.961. The van der Waals surface area contributed by atoms with E-state index in [9.17, 15) is 39.6 Å². The molecule has 7 aromatic carbocycles. The average Bonchev–Trinajstić information content (AvgIpc) is 1.93. The molecular formula is C64H63F3N6O13S3. The van der Waals surface area contributed by atoms with E-state index >= 15 is 0 Å². The molecule has 0 bridgehead atoms. The summed E-state index contributed by atoms with van der Waals surface area (Å²) in [5.74, 6) is 0.604. The van der Waals surface area contributed by atoms with Crippen molar-refractivity contribution in [3.8, 4) is 23.0 Å². The van der Waals surface area contributed by atoms with Crippen molar-refractivity contribution in [3.05, 3.63) is 221 Å². The fraction of sp³-hybridized carbons (Fsp3) is 0.266. The van der Waals surface area contributed by atoms with Crippen LogP contribution in [0.5, 0.6) is 23.0 Å². The van der Waals surface area contributed by atoms with Gasteiger partial charge in [0.2, 0.25) is 4.34 Å². The Kier molecular flexibility index (Phi) is 20.8. The predicted octanol–water partition coefficient (Wildman–Crippen LogP) is 10.3. The molecule has 3 atom stereocenters. The Bertz CT molecular complexity index is 4020. The van der Waals surface area contributed by atoms with Gasteiger partial charge in [0.15, 0.2) is 6.10 Å². The molecule has 9 aromatic rings. The fourth-order valence-electron chi connectivity index (χ4n) is 9.65. The van der Waals surface area contributed by atoms with Crippen LogP contribution in [0.3, 0.4) is 0 Å². The van der Waals surface area contributed by atoms with Crippen LogP contribution >= 0.6 is 11.3 Å². The van der Waals surface area contributed by atoms with Gasteiger partial charge in [-0.2, -0.15) is 26.3 Å². The minimum atomic E-state index is -4.55. The van der Waals surface area contributed by atoms with Crippen LogP contribution in [0.1, 0.15) is 64.5 Å². The number of thiazole rings is 1. The molecule has 2 N–H and O–H groups in total. The molecule has 0 amide bonds. The van der Waals surface area contributed by atoms with E-state index in [1.807, 2.05) is 61.5 Å². The molecule has 9 rings (SSSR count). The number of nitrogens with one attached hydrogen (secondary N) is 2. The Balaban J connectivity index is 0.930.